The van der Waals surface area contributed by atoms with E-state index >= 15 is 0 Å². The summed E-state index contributed by atoms with van der Waals surface area (Å²) in [5.74, 6) is 0. The van der Waals surface area contributed by atoms with Gasteiger partial charge < -0.3 is 9.80 Å². The minimum atomic E-state index is 0.238. The summed E-state index contributed by atoms with van der Waals surface area (Å²) in [6.45, 7) is 4.26. The molecule has 0 amide bonds. The average Bonchev–Trinajstić information content (AvgIpc) is 2.72. The maximum absolute atomic E-state index is 9.11. The van der Waals surface area contributed by atoms with Crippen molar-refractivity contribution >= 4 is 17.1 Å². The third-order valence-corrected chi connectivity index (χ3v) is 3.99. The summed E-state index contributed by atoms with van der Waals surface area (Å²) in [7, 11) is 2.09. The predicted octanol–water partition coefficient (Wildman–Crippen LogP) is 3.80. The van der Waals surface area contributed by atoms with Crippen LogP contribution in [0.25, 0.3) is 0 Å². The summed E-state index contributed by atoms with van der Waals surface area (Å²) < 4.78 is 0. The summed E-state index contributed by atoms with van der Waals surface area (Å²) in [5, 5.41) is 9.11. The second-order valence-electron chi connectivity index (χ2n) is 5.26. The van der Waals surface area contributed by atoms with Gasteiger partial charge in [-0.1, -0.05) is 17.7 Å². The molecule has 0 aromatic heterocycles. The zero-order chi connectivity index (χ0) is 14.3. The molecular weight excluding hydrogens is 246 g/mol. The zero-order valence-electron chi connectivity index (χ0n) is 12.0. The van der Waals surface area contributed by atoms with E-state index in [4.69, 9.17) is 5.26 Å². The molecule has 0 aliphatic carbocycles. The Bertz CT molecular complexity index is 682. The topological polar surface area (TPSA) is 30.3 Å². The van der Waals surface area contributed by atoms with Crippen molar-refractivity contribution in [3.8, 4) is 6.07 Å². The number of nitriles is 1. The second kappa shape index (κ2) is 4.57. The van der Waals surface area contributed by atoms with E-state index in [0.717, 1.165) is 17.1 Å². The van der Waals surface area contributed by atoms with Crippen molar-refractivity contribution in [1.82, 2.24) is 0 Å². The third-order valence-electron chi connectivity index (χ3n) is 3.99. The summed E-state index contributed by atoms with van der Waals surface area (Å²) >= 11 is 0. The van der Waals surface area contributed by atoms with Gasteiger partial charge >= 0.3 is 0 Å². The Kier molecular flexibility index (Phi) is 2.87. The van der Waals surface area contributed by atoms with E-state index < -0.39 is 0 Å². The minimum absolute atomic E-state index is 0.238. The van der Waals surface area contributed by atoms with Crippen LogP contribution in [0.15, 0.2) is 42.5 Å². The first kappa shape index (κ1) is 12.6. The first-order valence-corrected chi connectivity index (χ1v) is 6.74. The van der Waals surface area contributed by atoms with Crippen molar-refractivity contribution in [2.75, 3.05) is 16.8 Å². The van der Waals surface area contributed by atoms with Gasteiger partial charge in [-0.3, -0.25) is 0 Å². The Balaban J connectivity index is 2.13. The van der Waals surface area contributed by atoms with E-state index in [2.05, 4.69) is 61.0 Å². The lowest BCUT2D eigenvalue weighted by Gasteiger charge is -2.27. The molecule has 3 heteroatoms. The van der Waals surface area contributed by atoms with E-state index in [0.29, 0.717) is 5.56 Å². The van der Waals surface area contributed by atoms with Crippen LogP contribution in [-0.4, -0.2) is 13.2 Å². The van der Waals surface area contributed by atoms with Gasteiger partial charge in [-0.15, -0.1) is 0 Å². The van der Waals surface area contributed by atoms with Crippen LogP contribution in [0.3, 0.4) is 0 Å². The minimum Gasteiger partial charge on any atom is -0.353 e. The molecule has 2 aromatic carbocycles. The SMILES string of the molecule is Cc1ccc(N2c3cc(C#N)ccc3N(C)[C@@H]2C)cc1. The van der Waals surface area contributed by atoms with Crippen LogP contribution in [0.1, 0.15) is 18.1 Å². The predicted molar refractivity (Wildman–Crippen MR) is 82.3 cm³/mol. The first-order valence-electron chi connectivity index (χ1n) is 6.74. The normalized spacial score (nSPS) is 17.0. The number of fused-ring (bicyclic) bond motifs is 1. The molecule has 20 heavy (non-hydrogen) atoms. The summed E-state index contributed by atoms with van der Waals surface area (Å²) in [6, 6.07) is 16.6. The van der Waals surface area contributed by atoms with Gasteiger partial charge in [0.05, 0.1) is 23.0 Å². The molecular formula is C17H17N3. The molecule has 100 valence electrons. The Morgan fingerprint density at radius 2 is 1.75 bits per heavy atom. The summed E-state index contributed by atoms with van der Waals surface area (Å²) in [6.07, 6.45) is 0.238. The van der Waals surface area contributed by atoms with E-state index in [9.17, 15) is 0 Å². The van der Waals surface area contributed by atoms with Gasteiger partial charge in [0, 0.05) is 12.7 Å². The van der Waals surface area contributed by atoms with Crippen LogP contribution in [-0.2, 0) is 0 Å². The summed E-state index contributed by atoms with van der Waals surface area (Å²) in [5.41, 5.74) is 5.37. The standard InChI is InChI=1S/C17H17N3/c1-12-4-7-15(8-5-12)20-13(2)19(3)16-9-6-14(11-18)10-17(16)20/h4-10,13H,1-3H3/t13-/m0/s1. The smallest absolute Gasteiger partial charge is 0.103 e. The van der Waals surface area contributed by atoms with Crippen molar-refractivity contribution in [3.63, 3.8) is 0 Å². The molecule has 1 aliphatic heterocycles. The molecule has 2 aromatic rings. The molecule has 0 saturated heterocycles. The Morgan fingerprint density at radius 1 is 1.05 bits per heavy atom. The average molecular weight is 263 g/mol. The number of aryl methyl sites for hydroxylation is 1. The number of hydrogen-bond donors (Lipinski definition) is 0. The lowest BCUT2D eigenvalue weighted by Crippen LogP contribution is -2.35. The van der Waals surface area contributed by atoms with E-state index in [-0.39, 0.29) is 6.17 Å². The fourth-order valence-corrected chi connectivity index (χ4v) is 2.72. The molecule has 0 N–H and O–H groups in total. The number of hydrogen-bond acceptors (Lipinski definition) is 3. The van der Waals surface area contributed by atoms with Gasteiger partial charge in [-0.25, -0.2) is 0 Å². The highest BCUT2D eigenvalue weighted by Crippen LogP contribution is 2.43. The molecule has 0 bridgehead atoms. The highest BCUT2D eigenvalue weighted by Gasteiger charge is 2.31. The van der Waals surface area contributed by atoms with E-state index in [1.54, 1.807) is 0 Å². The molecule has 1 atom stereocenters. The number of benzene rings is 2. The van der Waals surface area contributed by atoms with Crippen LogP contribution in [0.2, 0.25) is 0 Å². The van der Waals surface area contributed by atoms with Crippen LogP contribution in [0.5, 0.6) is 0 Å². The molecule has 1 heterocycles. The third kappa shape index (κ3) is 1.81. The fourth-order valence-electron chi connectivity index (χ4n) is 2.72. The van der Waals surface area contributed by atoms with Crippen molar-refractivity contribution in [2.24, 2.45) is 0 Å². The fraction of sp³-hybridized carbons (Fsp3) is 0.235. The van der Waals surface area contributed by atoms with Gasteiger partial charge in [-0.2, -0.15) is 5.26 Å². The van der Waals surface area contributed by atoms with Gasteiger partial charge in [0.2, 0.25) is 0 Å². The molecule has 0 saturated carbocycles. The van der Waals surface area contributed by atoms with Gasteiger partial charge in [0.25, 0.3) is 0 Å². The lowest BCUT2D eigenvalue weighted by atomic mass is 10.1. The Hall–Kier alpha value is -2.47. The lowest BCUT2D eigenvalue weighted by molar-refractivity contribution is 0.734. The maximum Gasteiger partial charge on any atom is 0.103 e. The van der Waals surface area contributed by atoms with Gasteiger partial charge in [0.1, 0.15) is 6.17 Å². The molecule has 0 spiro atoms. The number of rotatable bonds is 1. The van der Waals surface area contributed by atoms with Crippen LogP contribution in [0.4, 0.5) is 17.1 Å². The highest BCUT2D eigenvalue weighted by molar-refractivity contribution is 5.84. The number of nitrogens with zero attached hydrogens (tertiary/aromatic N) is 3. The second-order valence-corrected chi connectivity index (χ2v) is 5.26. The summed E-state index contributed by atoms with van der Waals surface area (Å²) in [4.78, 5) is 4.51. The monoisotopic (exact) mass is 263 g/mol. The van der Waals surface area contributed by atoms with Gasteiger partial charge in [0.15, 0.2) is 0 Å². The van der Waals surface area contributed by atoms with Crippen LogP contribution < -0.4 is 9.80 Å². The Morgan fingerprint density at radius 3 is 2.40 bits per heavy atom. The molecule has 1 aliphatic rings. The molecule has 0 radical (unpaired) electrons. The van der Waals surface area contributed by atoms with Crippen molar-refractivity contribution < 1.29 is 0 Å². The quantitative estimate of drug-likeness (QED) is 0.784. The highest BCUT2D eigenvalue weighted by atomic mass is 15.4. The Labute approximate surface area is 119 Å². The largest absolute Gasteiger partial charge is 0.353 e. The molecule has 3 nitrogen and oxygen atoms in total. The molecule has 0 unspecified atom stereocenters. The van der Waals surface area contributed by atoms with Crippen LogP contribution in [0, 0.1) is 18.3 Å². The maximum atomic E-state index is 9.11. The van der Waals surface area contributed by atoms with Gasteiger partial charge in [-0.05, 0) is 44.2 Å². The van der Waals surface area contributed by atoms with Crippen molar-refractivity contribution in [3.05, 3.63) is 53.6 Å². The first-order chi connectivity index (χ1) is 9.61. The van der Waals surface area contributed by atoms with Crippen LogP contribution >= 0.6 is 0 Å². The number of anilines is 3. The zero-order valence-corrected chi connectivity index (χ0v) is 12.0. The molecule has 3 rings (SSSR count). The van der Waals surface area contributed by atoms with Crippen molar-refractivity contribution in [2.45, 2.75) is 20.0 Å². The van der Waals surface area contributed by atoms with E-state index in [1.165, 1.54) is 5.56 Å². The van der Waals surface area contributed by atoms with E-state index in [1.807, 2.05) is 18.2 Å². The van der Waals surface area contributed by atoms with Crippen molar-refractivity contribution in [1.29, 1.82) is 5.26 Å². The molecule has 0 fully saturated rings.